The van der Waals surface area contributed by atoms with Gasteiger partial charge in [0, 0.05) is 20.1 Å². The molecule has 90 valence electrons. The van der Waals surface area contributed by atoms with E-state index < -0.39 is 30.0 Å². The van der Waals surface area contributed by atoms with Crippen molar-refractivity contribution in [2.24, 2.45) is 0 Å². The zero-order valence-corrected chi connectivity index (χ0v) is 9.15. The quantitative estimate of drug-likeness (QED) is 0.616. The van der Waals surface area contributed by atoms with Gasteiger partial charge in [-0.2, -0.15) is 0 Å². The number of methoxy groups -OCH3 is 1. The van der Waals surface area contributed by atoms with E-state index in [9.17, 15) is 14.4 Å². The molecule has 2 N–H and O–H groups in total. The fraction of sp³-hybridized carbons (Fsp3) is 0.667. The van der Waals surface area contributed by atoms with Crippen LogP contribution < -0.4 is 5.32 Å². The van der Waals surface area contributed by atoms with E-state index in [2.05, 4.69) is 5.32 Å². The van der Waals surface area contributed by atoms with Crippen molar-refractivity contribution in [3.05, 3.63) is 0 Å². The Balaban J connectivity index is 2.76. The molecule has 0 saturated carbocycles. The van der Waals surface area contributed by atoms with Crippen LogP contribution in [0.1, 0.15) is 13.3 Å². The molecule has 1 aliphatic heterocycles. The smallest absolute Gasteiger partial charge is 0.325 e. The van der Waals surface area contributed by atoms with Crippen molar-refractivity contribution in [1.82, 2.24) is 10.2 Å². The minimum Gasteiger partial charge on any atom is -0.480 e. The van der Waals surface area contributed by atoms with Crippen LogP contribution in [0.25, 0.3) is 0 Å². The van der Waals surface area contributed by atoms with Crippen LogP contribution in [-0.2, 0) is 14.3 Å². The van der Waals surface area contributed by atoms with Gasteiger partial charge in [0.25, 0.3) is 5.91 Å². The molecule has 0 aromatic carbocycles. The summed E-state index contributed by atoms with van der Waals surface area (Å²) < 4.78 is 4.83. The number of ether oxygens (including phenoxy) is 1. The first-order valence-corrected chi connectivity index (χ1v) is 4.75. The summed E-state index contributed by atoms with van der Waals surface area (Å²) in [6, 6.07) is -0.675. The largest absolute Gasteiger partial charge is 0.480 e. The maximum absolute atomic E-state index is 11.8. The Morgan fingerprint density at radius 1 is 1.56 bits per heavy atom. The number of carbonyl (C=O) groups excluding carboxylic acids is 2. The number of carbonyl (C=O) groups is 3. The van der Waals surface area contributed by atoms with Crippen LogP contribution in [0.5, 0.6) is 0 Å². The molecule has 0 aromatic rings. The topological polar surface area (TPSA) is 95.9 Å². The van der Waals surface area contributed by atoms with Gasteiger partial charge in [-0.1, -0.05) is 0 Å². The van der Waals surface area contributed by atoms with Crippen molar-refractivity contribution in [2.75, 3.05) is 20.3 Å². The van der Waals surface area contributed by atoms with Crippen LogP contribution in [0.3, 0.4) is 0 Å². The number of hydrogen-bond donors (Lipinski definition) is 2. The number of carboxylic acids is 1. The van der Waals surface area contributed by atoms with Crippen molar-refractivity contribution >= 4 is 17.9 Å². The molecule has 1 atom stereocenters. The Kier molecular flexibility index (Phi) is 3.48. The summed E-state index contributed by atoms with van der Waals surface area (Å²) in [5.41, 5.74) is -1.07. The zero-order chi connectivity index (χ0) is 12.3. The van der Waals surface area contributed by atoms with Gasteiger partial charge < -0.3 is 15.2 Å². The standard InChI is InChI=1S/C9H14N2O5/c1-9(3-4-16-2)7(14)11(5-6(12)13)8(15)10-9/h3-5H2,1-2H3,(H,10,15)(H,12,13). The summed E-state index contributed by atoms with van der Waals surface area (Å²) in [5.74, 6) is -1.75. The zero-order valence-electron chi connectivity index (χ0n) is 9.15. The lowest BCUT2D eigenvalue weighted by atomic mass is 9.99. The summed E-state index contributed by atoms with van der Waals surface area (Å²) >= 11 is 0. The minimum absolute atomic E-state index is 0.309. The van der Waals surface area contributed by atoms with Crippen molar-refractivity contribution in [3.63, 3.8) is 0 Å². The third-order valence-electron chi connectivity index (χ3n) is 2.44. The van der Waals surface area contributed by atoms with Gasteiger partial charge in [-0.25, -0.2) is 4.79 Å². The molecule has 7 nitrogen and oxygen atoms in total. The van der Waals surface area contributed by atoms with Crippen LogP contribution in [0.15, 0.2) is 0 Å². The van der Waals surface area contributed by atoms with E-state index in [0.717, 1.165) is 0 Å². The molecule has 0 spiro atoms. The molecule has 1 heterocycles. The molecule has 0 aromatic heterocycles. The summed E-state index contributed by atoms with van der Waals surface area (Å²) in [4.78, 5) is 34.4. The Bertz CT molecular complexity index is 330. The minimum atomic E-state index is -1.22. The predicted octanol–water partition coefficient (Wildman–Crippen LogP) is -0.582. The van der Waals surface area contributed by atoms with Crippen molar-refractivity contribution < 1.29 is 24.2 Å². The molecule has 0 bridgehead atoms. The first-order valence-electron chi connectivity index (χ1n) is 4.75. The van der Waals surface area contributed by atoms with Crippen LogP contribution in [-0.4, -0.2) is 53.7 Å². The van der Waals surface area contributed by atoms with E-state index >= 15 is 0 Å². The van der Waals surface area contributed by atoms with Gasteiger partial charge in [0.2, 0.25) is 0 Å². The molecule has 1 saturated heterocycles. The maximum atomic E-state index is 11.8. The van der Waals surface area contributed by atoms with Gasteiger partial charge in [-0.05, 0) is 6.92 Å². The van der Waals surface area contributed by atoms with E-state index in [1.54, 1.807) is 6.92 Å². The molecule has 1 fully saturated rings. The highest BCUT2D eigenvalue weighted by Gasteiger charge is 2.47. The van der Waals surface area contributed by atoms with Crippen LogP contribution in [0, 0.1) is 0 Å². The fourth-order valence-electron chi connectivity index (χ4n) is 1.50. The molecule has 16 heavy (non-hydrogen) atoms. The summed E-state index contributed by atoms with van der Waals surface area (Å²) in [6.07, 6.45) is 0.310. The number of carboxylic acid groups (broad SMARTS) is 1. The van der Waals surface area contributed by atoms with Gasteiger partial charge in [0.05, 0.1) is 0 Å². The molecular weight excluding hydrogens is 216 g/mol. The normalized spacial score (nSPS) is 24.8. The second-order valence-electron chi connectivity index (χ2n) is 3.79. The number of nitrogens with zero attached hydrogens (tertiary/aromatic N) is 1. The van der Waals surface area contributed by atoms with E-state index in [0.29, 0.717) is 17.9 Å². The molecule has 1 rings (SSSR count). The predicted molar refractivity (Wildman–Crippen MR) is 52.8 cm³/mol. The first-order chi connectivity index (χ1) is 7.40. The molecule has 1 unspecified atom stereocenters. The maximum Gasteiger partial charge on any atom is 0.325 e. The van der Waals surface area contributed by atoms with E-state index in [-0.39, 0.29) is 0 Å². The van der Waals surface area contributed by atoms with E-state index in [1.807, 2.05) is 0 Å². The molecule has 0 radical (unpaired) electrons. The molecule has 0 aliphatic carbocycles. The third-order valence-corrected chi connectivity index (χ3v) is 2.44. The second-order valence-corrected chi connectivity index (χ2v) is 3.79. The van der Waals surface area contributed by atoms with Crippen molar-refractivity contribution in [1.29, 1.82) is 0 Å². The summed E-state index contributed by atoms with van der Waals surface area (Å²) in [7, 11) is 1.49. The lowest BCUT2D eigenvalue weighted by Crippen LogP contribution is -2.45. The number of urea groups is 1. The number of nitrogens with one attached hydrogen (secondary N) is 1. The molecule has 1 aliphatic rings. The lowest BCUT2D eigenvalue weighted by molar-refractivity contribution is -0.142. The first kappa shape index (κ1) is 12.4. The van der Waals surface area contributed by atoms with Crippen molar-refractivity contribution in [3.8, 4) is 0 Å². The number of imide groups is 1. The Morgan fingerprint density at radius 3 is 2.69 bits per heavy atom. The average molecular weight is 230 g/mol. The highest BCUT2D eigenvalue weighted by atomic mass is 16.5. The van der Waals surface area contributed by atoms with Gasteiger partial charge in [-0.3, -0.25) is 14.5 Å². The summed E-state index contributed by atoms with van der Waals surface area (Å²) in [6.45, 7) is 1.24. The SMILES string of the molecule is COCCC1(C)NC(=O)N(CC(=O)O)C1=O. The average Bonchev–Trinajstić information content (AvgIpc) is 2.39. The molecule has 7 heteroatoms. The van der Waals surface area contributed by atoms with Gasteiger partial charge in [0.15, 0.2) is 0 Å². The third kappa shape index (κ3) is 2.30. The van der Waals surface area contributed by atoms with Gasteiger partial charge in [-0.15, -0.1) is 0 Å². The lowest BCUT2D eigenvalue weighted by Gasteiger charge is -2.20. The van der Waals surface area contributed by atoms with Crippen LogP contribution in [0.4, 0.5) is 4.79 Å². The molecular formula is C9H14N2O5. The fourth-order valence-corrected chi connectivity index (χ4v) is 1.50. The number of rotatable bonds is 5. The molecule has 3 amide bonds. The van der Waals surface area contributed by atoms with Gasteiger partial charge in [0.1, 0.15) is 12.1 Å². The van der Waals surface area contributed by atoms with Crippen molar-refractivity contribution in [2.45, 2.75) is 18.9 Å². The Labute approximate surface area is 92.4 Å². The Morgan fingerprint density at radius 2 is 2.19 bits per heavy atom. The van der Waals surface area contributed by atoms with E-state index in [4.69, 9.17) is 9.84 Å². The van der Waals surface area contributed by atoms with Crippen LogP contribution in [0.2, 0.25) is 0 Å². The highest BCUT2D eigenvalue weighted by Crippen LogP contribution is 2.20. The number of hydrogen-bond acceptors (Lipinski definition) is 4. The Hall–Kier alpha value is -1.63. The van der Waals surface area contributed by atoms with E-state index in [1.165, 1.54) is 7.11 Å². The van der Waals surface area contributed by atoms with Crippen LogP contribution >= 0.6 is 0 Å². The highest BCUT2D eigenvalue weighted by molar-refractivity contribution is 6.08. The summed E-state index contributed by atoms with van der Waals surface area (Å²) in [5, 5.41) is 11.0. The number of amides is 3. The second kappa shape index (κ2) is 4.48. The monoisotopic (exact) mass is 230 g/mol. The number of aliphatic carboxylic acids is 1. The van der Waals surface area contributed by atoms with Gasteiger partial charge >= 0.3 is 12.0 Å².